The van der Waals surface area contributed by atoms with Crippen LogP contribution < -0.4 is 5.73 Å². The lowest BCUT2D eigenvalue weighted by Crippen LogP contribution is -2.60. The number of hydrogen-bond donors (Lipinski definition) is 1. The largest absolute Gasteiger partial charge is 0.381 e. The summed E-state index contributed by atoms with van der Waals surface area (Å²) in [6.07, 6.45) is 5.01. The zero-order valence-corrected chi connectivity index (χ0v) is 10.7. The highest BCUT2D eigenvalue weighted by atomic mass is 16.5. The summed E-state index contributed by atoms with van der Waals surface area (Å²) in [5.74, 6) is 1.68. The lowest BCUT2D eigenvalue weighted by atomic mass is 9.68. The Morgan fingerprint density at radius 3 is 2.44 bits per heavy atom. The molecule has 2 N–H and O–H groups in total. The number of ether oxygens (including phenoxy) is 1. The molecule has 1 saturated carbocycles. The fourth-order valence-electron chi connectivity index (χ4n) is 3.38. The van der Waals surface area contributed by atoms with E-state index in [1.165, 1.54) is 32.2 Å². The van der Waals surface area contributed by atoms with Gasteiger partial charge in [0.2, 0.25) is 0 Å². The van der Waals surface area contributed by atoms with Gasteiger partial charge in [0.1, 0.15) is 0 Å². The van der Waals surface area contributed by atoms with Gasteiger partial charge in [0.05, 0.1) is 0 Å². The molecule has 16 heavy (non-hydrogen) atoms. The maximum absolute atomic E-state index is 5.97. The van der Waals surface area contributed by atoms with Crippen molar-refractivity contribution in [3.8, 4) is 0 Å². The van der Waals surface area contributed by atoms with Gasteiger partial charge in [0, 0.05) is 31.8 Å². The molecular formula is C13H26N2O. The molecule has 2 fully saturated rings. The third-order valence-electron chi connectivity index (χ3n) is 4.52. The van der Waals surface area contributed by atoms with Gasteiger partial charge in [-0.25, -0.2) is 0 Å². The topological polar surface area (TPSA) is 38.5 Å². The lowest BCUT2D eigenvalue weighted by molar-refractivity contribution is -0.0197. The maximum atomic E-state index is 5.97. The second kappa shape index (κ2) is 5.03. The second-order valence-electron chi connectivity index (χ2n) is 5.88. The Morgan fingerprint density at radius 2 is 1.94 bits per heavy atom. The fraction of sp³-hybridized carbons (Fsp3) is 1.00. The van der Waals surface area contributed by atoms with Gasteiger partial charge in [0.15, 0.2) is 0 Å². The summed E-state index contributed by atoms with van der Waals surface area (Å²) in [5, 5.41) is 0. The molecule has 1 aliphatic carbocycles. The van der Waals surface area contributed by atoms with Crippen LogP contribution in [0.15, 0.2) is 0 Å². The Balaban J connectivity index is 1.83. The van der Waals surface area contributed by atoms with Crippen LogP contribution in [0, 0.1) is 11.8 Å². The van der Waals surface area contributed by atoms with Gasteiger partial charge in [-0.15, -0.1) is 0 Å². The standard InChI is InChI=1S/C13H26N2O/c1-11-7-13(8-11,10-14)15(2)9-12-3-5-16-6-4-12/h11-12H,3-10,14H2,1-2H3. The molecule has 3 heteroatoms. The highest BCUT2D eigenvalue weighted by Gasteiger charge is 2.44. The number of nitrogens with two attached hydrogens (primary N) is 1. The van der Waals surface area contributed by atoms with Gasteiger partial charge in [-0.1, -0.05) is 6.92 Å². The molecule has 1 saturated heterocycles. The minimum Gasteiger partial charge on any atom is -0.381 e. The van der Waals surface area contributed by atoms with Crippen molar-refractivity contribution < 1.29 is 4.74 Å². The summed E-state index contributed by atoms with van der Waals surface area (Å²) in [6.45, 7) is 6.25. The Morgan fingerprint density at radius 1 is 1.31 bits per heavy atom. The zero-order chi connectivity index (χ0) is 11.6. The fourth-order valence-corrected chi connectivity index (χ4v) is 3.38. The number of likely N-dealkylation sites (N-methyl/N-ethyl adjacent to an activating group) is 1. The van der Waals surface area contributed by atoms with E-state index < -0.39 is 0 Å². The molecular weight excluding hydrogens is 200 g/mol. The number of nitrogens with zero attached hydrogens (tertiary/aromatic N) is 1. The first-order valence-electron chi connectivity index (χ1n) is 6.65. The van der Waals surface area contributed by atoms with E-state index in [9.17, 15) is 0 Å². The van der Waals surface area contributed by atoms with Crippen LogP contribution in [0.4, 0.5) is 0 Å². The maximum Gasteiger partial charge on any atom is 0.0469 e. The van der Waals surface area contributed by atoms with Gasteiger partial charge in [-0.2, -0.15) is 0 Å². The molecule has 1 heterocycles. The monoisotopic (exact) mass is 226 g/mol. The van der Waals surface area contributed by atoms with E-state index in [1.807, 2.05) is 0 Å². The van der Waals surface area contributed by atoms with Crippen molar-refractivity contribution in [3.63, 3.8) is 0 Å². The first-order valence-corrected chi connectivity index (χ1v) is 6.65. The van der Waals surface area contributed by atoms with E-state index in [4.69, 9.17) is 10.5 Å². The van der Waals surface area contributed by atoms with Crippen LogP contribution in [-0.2, 0) is 4.74 Å². The van der Waals surface area contributed by atoms with E-state index in [1.54, 1.807) is 0 Å². The Kier molecular flexibility index (Phi) is 3.88. The average molecular weight is 226 g/mol. The molecule has 0 unspecified atom stereocenters. The molecule has 0 aromatic heterocycles. The summed E-state index contributed by atoms with van der Waals surface area (Å²) in [4.78, 5) is 2.53. The van der Waals surface area contributed by atoms with Gasteiger partial charge in [0.25, 0.3) is 0 Å². The Labute approximate surface area is 99.3 Å². The van der Waals surface area contributed by atoms with Crippen molar-refractivity contribution in [1.29, 1.82) is 0 Å². The molecule has 1 aliphatic heterocycles. The summed E-state index contributed by atoms with van der Waals surface area (Å²) in [7, 11) is 2.26. The molecule has 2 rings (SSSR count). The SMILES string of the molecule is CC1CC(CN)(N(C)CC2CCOCC2)C1. The van der Waals surface area contributed by atoms with Crippen LogP contribution in [-0.4, -0.2) is 43.8 Å². The van der Waals surface area contributed by atoms with Crippen LogP contribution in [0.1, 0.15) is 32.6 Å². The third-order valence-corrected chi connectivity index (χ3v) is 4.52. The smallest absolute Gasteiger partial charge is 0.0469 e. The Bertz CT molecular complexity index is 220. The van der Waals surface area contributed by atoms with Gasteiger partial charge in [-0.3, -0.25) is 4.90 Å². The number of rotatable bonds is 4. The van der Waals surface area contributed by atoms with E-state index >= 15 is 0 Å². The van der Waals surface area contributed by atoms with Crippen molar-refractivity contribution >= 4 is 0 Å². The molecule has 94 valence electrons. The van der Waals surface area contributed by atoms with Gasteiger partial charge in [-0.05, 0) is 44.6 Å². The summed E-state index contributed by atoms with van der Waals surface area (Å²) >= 11 is 0. The van der Waals surface area contributed by atoms with E-state index in [0.29, 0.717) is 5.54 Å². The van der Waals surface area contributed by atoms with E-state index in [0.717, 1.165) is 31.6 Å². The molecule has 0 aromatic rings. The van der Waals surface area contributed by atoms with Crippen LogP contribution in [0.2, 0.25) is 0 Å². The minimum absolute atomic E-state index is 0.317. The molecule has 0 spiro atoms. The first-order chi connectivity index (χ1) is 7.66. The normalized spacial score (nSPS) is 36.4. The average Bonchev–Trinajstić information content (AvgIpc) is 2.25. The van der Waals surface area contributed by atoms with Crippen molar-refractivity contribution in [2.24, 2.45) is 17.6 Å². The summed E-state index contributed by atoms with van der Waals surface area (Å²) in [5.41, 5.74) is 6.29. The highest BCUT2D eigenvalue weighted by molar-refractivity contribution is 5.01. The molecule has 0 atom stereocenters. The van der Waals surface area contributed by atoms with Gasteiger partial charge >= 0.3 is 0 Å². The molecule has 2 aliphatic rings. The van der Waals surface area contributed by atoms with Crippen molar-refractivity contribution in [2.75, 3.05) is 33.4 Å². The predicted octanol–water partition coefficient (Wildman–Crippen LogP) is 1.47. The first kappa shape index (κ1) is 12.3. The van der Waals surface area contributed by atoms with Crippen LogP contribution in [0.25, 0.3) is 0 Å². The van der Waals surface area contributed by atoms with Crippen LogP contribution >= 0.6 is 0 Å². The lowest BCUT2D eigenvalue weighted by Gasteiger charge is -2.53. The molecule has 3 nitrogen and oxygen atoms in total. The molecule has 0 aromatic carbocycles. The minimum atomic E-state index is 0.317. The van der Waals surface area contributed by atoms with E-state index in [2.05, 4.69) is 18.9 Å². The third kappa shape index (κ3) is 2.41. The molecule has 0 amide bonds. The van der Waals surface area contributed by atoms with Gasteiger partial charge < -0.3 is 10.5 Å². The van der Waals surface area contributed by atoms with Crippen LogP contribution in [0.3, 0.4) is 0 Å². The van der Waals surface area contributed by atoms with Crippen molar-refractivity contribution in [2.45, 2.75) is 38.1 Å². The molecule has 0 bridgehead atoms. The van der Waals surface area contributed by atoms with Crippen molar-refractivity contribution in [3.05, 3.63) is 0 Å². The summed E-state index contributed by atoms with van der Waals surface area (Å²) < 4.78 is 5.41. The zero-order valence-electron chi connectivity index (χ0n) is 10.7. The van der Waals surface area contributed by atoms with E-state index in [-0.39, 0.29) is 0 Å². The van der Waals surface area contributed by atoms with Crippen LogP contribution in [0.5, 0.6) is 0 Å². The Hall–Kier alpha value is -0.120. The highest BCUT2D eigenvalue weighted by Crippen LogP contribution is 2.41. The predicted molar refractivity (Wildman–Crippen MR) is 66.4 cm³/mol. The summed E-state index contributed by atoms with van der Waals surface area (Å²) in [6, 6.07) is 0. The number of hydrogen-bond acceptors (Lipinski definition) is 3. The second-order valence-corrected chi connectivity index (χ2v) is 5.88. The van der Waals surface area contributed by atoms with Crippen molar-refractivity contribution in [1.82, 2.24) is 4.90 Å². The quantitative estimate of drug-likeness (QED) is 0.789. The molecule has 0 radical (unpaired) electrons.